The first-order chi connectivity index (χ1) is 7.13. The number of aryl methyl sites for hydroxylation is 2. The minimum Gasteiger partial charge on any atom is -0.0843 e. The highest BCUT2D eigenvalue weighted by atomic mass is 35.5. The molecule has 0 bridgehead atoms. The van der Waals surface area contributed by atoms with Crippen molar-refractivity contribution >= 4 is 11.6 Å². The van der Waals surface area contributed by atoms with E-state index in [0.717, 1.165) is 17.4 Å². The summed E-state index contributed by atoms with van der Waals surface area (Å²) in [6.07, 6.45) is 4.78. The third-order valence-electron chi connectivity index (χ3n) is 2.68. The smallest absolute Gasteiger partial charge is 0.0408 e. The van der Waals surface area contributed by atoms with E-state index in [1.165, 1.54) is 30.4 Å². The molecule has 0 atom stereocenters. The zero-order valence-electron chi connectivity index (χ0n) is 10.0. The third-order valence-corrected chi connectivity index (χ3v) is 2.91. The molecule has 0 unspecified atom stereocenters. The maximum Gasteiger partial charge on any atom is 0.0408 e. The standard InChI is InChI=1S/C14H21Cl/c1-4-5-12-8-9-14(15)10-13(12)7-6-11(2)3/h8-11H,4-7H2,1-3H3. The molecule has 0 N–H and O–H groups in total. The van der Waals surface area contributed by atoms with Crippen LogP contribution in [-0.2, 0) is 12.8 Å². The minimum absolute atomic E-state index is 0.762. The van der Waals surface area contributed by atoms with Crippen LogP contribution in [0, 0.1) is 5.92 Å². The van der Waals surface area contributed by atoms with Crippen molar-refractivity contribution in [3.05, 3.63) is 34.3 Å². The van der Waals surface area contributed by atoms with Crippen LogP contribution in [0.15, 0.2) is 18.2 Å². The minimum atomic E-state index is 0.762. The van der Waals surface area contributed by atoms with Gasteiger partial charge in [-0.3, -0.25) is 0 Å². The van der Waals surface area contributed by atoms with Crippen molar-refractivity contribution in [1.29, 1.82) is 0 Å². The highest BCUT2D eigenvalue weighted by Gasteiger charge is 2.04. The van der Waals surface area contributed by atoms with Crippen LogP contribution in [0.25, 0.3) is 0 Å². The molecule has 0 aromatic heterocycles. The van der Waals surface area contributed by atoms with Crippen LogP contribution in [0.2, 0.25) is 5.02 Å². The molecule has 0 aliphatic rings. The molecule has 1 aromatic carbocycles. The van der Waals surface area contributed by atoms with Gasteiger partial charge in [0.15, 0.2) is 0 Å². The number of hydrogen-bond acceptors (Lipinski definition) is 0. The van der Waals surface area contributed by atoms with Crippen molar-refractivity contribution < 1.29 is 0 Å². The summed E-state index contributed by atoms with van der Waals surface area (Å²) in [4.78, 5) is 0. The molecule has 1 rings (SSSR count). The summed E-state index contributed by atoms with van der Waals surface area (Å²) in [7, 11) is 0. The van der Waals surface area contributed by atoms with Crippen molar-refractivity contribution in [3.63, 3.8) is 0 Å². The normalized spacial score (nSPS) is 11.0. The Morgan fingerprint density at radius 1 is 1.13 bits per heavy atom. The predicted molar refractivity (Wildman–Crippen MR) is 68.6 cm³/mol. The lowest BCUT2D eigenvalue weighted by Gasteiger charge is -2.10. The van der Waals surface area contributed by atoms with E-state index in [1.54, 1.807) is 0 Å². The van der Waals surface area contributed by atoms with E-state index in [9.17, 15) is 0 Å². The van der Waals surface area contributed by atoms with Crippen molar-refractivity contribution in [2.75, 3.05) is 0 Å². The highest BCUT2D eigenvalue weighted by molar-refractivity contribution is 6.30. The molecule has 0 aliphatic carbocycles. The Hall–Kier alpha value is -0.490. The van der Waals surface area contributed by atoms with Gasteiger partial charge in [-0.05, 0) is 48.4 Å². The van der Waals surface area contributed by atoms with Gasteiger partial charge in [-0.1, -0.05) is 44.9 Å². The second-order valence-corrected chi connectivity index (χ2v) is 5.03. The molecule has 0 fully saturated rings. The van der Waals surface area contributed by atoms with Gasteiger partial charge in [-0.2, -0.15) is 0 Å². The molecule has 84 valence electrons. The Morgan fingerprint density at radius 3 is 2.47 bits per heavy atom. The largest absolute Gasteiger partial charge is 0.0843 e. The van der Waals surface area contributed by atoms with E-state index in [4.69, 9.17) is 11.6 Å². The summed E-state index contributed by atoms with van der Waals surface area (Å²) in [6, 6.07) is 6.32. The number of halogens is 1. The van der Waals surface area contributed by atoms with Crippen LogP contribution < -0.4 is 0 Å². The van der Waals surface area contributed by atoms with Gasteiger partial charge in [0.05, 0.1) is 0 Å². The zero-order chi connectivity index (χ0) is 11.3. The summed E-state index contributed by atoms with van der Waals surface area (Å²) in [5.41, 5.74) is 2.92. The van der Waals surface area contributed by atoms with Crippen LogP contribution >= 0.6 is 11.6 Å². The van der Waals surface area contributed by atoms with Crippen molar-refractivity contribution in [2.24, 2.45) is 5.92 Å². The Balaban J connectivity index is 2.77. The maximum absolute atomic E-state index is 6.03. The van der Waals surface area contributed by atoms with Gasteiger partial charge in [0.1, 0.15) is 0 Å². The molecule has 0 amide bonds. The van der Waals surface area contributed by atoms with Gasteiger partial charge in [0, 0.05) is 5.02 Å². The monoisotopic (exact) mass is 224 g/mol. The second-order valence-electron chi connectivity index (χ2n) is 4.60. The van der Waals surface area contributed by atoms with Crippen LogP contribution in [-0.4, -0.2) is 0 Å². The second kappa shape index (κ2) is 6.17. The fourth-order valence-electron chi connectivity index (χ4n) is 1.78. The van der Waals surface area contributed by atoms with Gasteiger partial charge in [0.2, 0.25) is 0 Å². The summed E-state index contributed by atoms with van der Waals surface area (Å²) in [5, 5.41) is 0.869. The Kier molecular flexibility index (Phi) is 5.17. The first-order valence-electron chi connectivity index (χ1n) is 5.90. The molecule has 0 spiro atoms. The molecule has 0 saturated heterocycles. The highest BCUT2D eigenvalue weighted by Crippen LogP contribution is 2.20. The summed E-state index contributed by atoms with van der Waals surface area (Å²) in [6.45, 7) is 6.76. The van der Waals surface area contributed by atoms with Gasteiger partial charge in [-0.25, -0.2) is 0 Å². The average Bonchev–Trinajstić information content (AvgIpc) is 2.18. The van der Waals surface area contributed by atoms with Crippen molar-refractivity contribution in [3.8, 4) is 0 Å². The lowest BCUT2D eigenvalue weighted by molar-refractivity contribution is 0.584. The Morgan fingerprint density at radius 2 is 1.87 bits per heavy atom. The van der Waals surface area contributed by atoms with Crippen molar-refractivity contribution in [2.45, 2.75) is 46.5 Å². The third kappa shape index (κ3) is 4.25. The SMILES string of the molecule is CCCc1ccc(Cl)cc1CCC(C)C. The lowest BCUT2D eigenvalue weighted by atomic mass is 9.96. The summed E-state index contributed by atoms with van der Waals surface area (Å²) in [5.74, 6) is 0.762. The van der Waals surface area contributed by atoms with Crippen LogP contribution in [0.1, 0.15) is 44.7 Å². The average molecular weight is 225 g/mol. The van der Waals surface area contributed by atoms with Crippen LogP contribution in [0.5, 0.6) is 0 Å². The van der Waals surface area contributed by atoms with Gasteiger partial charge in [0.25, 0.3) is 0 Å². The van der Waals surface area contributed by atoms with Gasteiger partial charge < -0.3 is 0 Å². The molecule has 0 aliphatic heterocycles. The maximum atomic E-state index is 6.03. The van der Waals surface area contributed by atoms with Crippen LogP contribution in [0.3, 0.4) is 0 Å². The van der Waals surface area contributed by atoms with E-state index in [2.05, 4.69) is 32.9 Å². The molecular weight excluding hydrogens is 204 g/mol. The molecule has 0 nitrogen and oxygen atoms in total. The summed E-state index contributed by atoms with van der Waals surface area (Å²) >= 11 is 6.03. The van der Waals surface area contributed by atoms with E-state index >= 15 is 0 Å². The van der Waals surface area contributed by atoms with Crippen LogP contribution in [0.4, 0.5) is 0 Å². The fourth-order valence-corrected chi connectivity index (χ4v) is 1.98. The zero-order valence-corrected chi connectivity index (χ0v) is 10.8. The van der Waals surface area contributed by atoms with Crippen molar-refractivity contribution in [1.82, 2.24) is 0 Å². The summed E-state index contributed by atoms with van der Waals surface area (Å²) < 4.78 is 0. The first kappa shape index (κ1) is 12.6. The molecular formula is C14H21Cl. The molecule has 15 heavy (non-hydrogen) atoms. The fraction of sp³-hybridized carbons (Fsp3) is 0.571. The topological polar surface area (TPSA) is 0 Å². The van der Waals surface area contributed by atoms with Gasteiger partial charge >= 0.3 is 0 Å². The Labute approximate surface area is 98.7 Å². The molecule has 0 saturated carbocycles. The van der Waals surface area contributed by atoms with E-state index in [0.29, 0.717) is 0 Å². The Bertz CT molecular complexity index is 302. The van der Waals surface area contributed by atoms with E-state index in [1.807, 2.05) is 6.07 Å². The molecule has 0 radical (unpaired) electrons. The quantitative estimate of drug-likeness (QED) is 0.669. The number of hydrogen-bond donors (Lipinski definition) is 0. The molecule has 0 heterocycles. The lowest BCUT2D eigenvalue weighted by Crippen LogP contribution is -1.97. The number of rotatable bonds is 5. The predicted octanol–water partition coefficient (Wildman–Crippen LogP) is 4.88. The molecule has 1 heteroatoms. The van der Waals surface area contributed by atoms with Gasteiger partial charge in [-0.15, -0.1) is 0 Å². The first-order valence-corrected chi connectivity index (χ1v) is 6.28. The van der Waals surface area contributed by atoms with E-state index < -0.39 is 0 Å². The van der Waals surface area contributed by atoms with E-state index in [-0.39, 0.29) is 0 Å². The molecule has 1 aromatic rings. The number of benzene rings is 1.